The summed E-state index contributed by atoms with van der Waals surface area (Å²) < 4.78 is 18.7. The maximum absolute atomic E-state index is 13.1. The highest BCUT2D eigenvalue weighted by atomic mass is 35.5. The molecule has 102 valence electrons. The number of rotatable bonds is 3. The number of nitrogens with one attached hydrogen (secondary N) is 1. The second-order valence-corrected chi connectivity index (χ2v) is 5.76. The van der Waals surface area contributed by atoms with Gasteiger partial charge in [-0.15, -0.1) is 0 Å². The molecule has 0 saturated heterocycles. The number of halogens is 2. The largest absolute Gasteiger partial charge is 0.439 e. The van der Waals surface area contributed by atoms with Crippen molar-refractivity contribution in [2.75, 3.05) is 0 Å². The van der Waals surface area contributed by atoms with Gasteiger partial charge >= 0.3 is 0 Å². The zero-order valence-corrected chi connectivity index (χ0v) is 11.9. The Morgan fingerprint density at radius 2 is 2.11 bits per heavy atom. The summed E-state index contributed by atoms with van der Waals surface area (Å²) in [4.78, 5) is 4.18. The van der Waals surface area contributed by atoms with E-state index in [-0.39, 0.29) is 10.6 Å². The van der Waals surface area contributed by atoms with Crippen molar-refractivity contribution in [3.63, 3.8) is 0 Å². The summed E-state index contributed by atoms with van der Waals surface area (Å²) in [5.41, 5.74) is 0.703. The molecule has 5 heteroatoms. The summed E-state index contributed by atoms with van der Waals surface area (Å²) in [6.07, 6.45) is 1.61. The molecule has 1 heterocycles. The fourth-order valence-electron chi connectivity index (χ4n) is 1.52. The molecule has 1 N–H and O–H groups in total. The normalized spacial score (nSPS) is 11.8. The van der Waals surface area contributed by atoms with Gasteiger partial charge in [-0.05, 0) is 39.0 Å². The monoisotopic (exact) mass is 282 g/mol. The molecule has 0 atom stereocenters. The topological polar surface area (TPSA) is 38.1 Å². The summed E-state index contributed by atoms with van der Waals surface area (Å²) in [6, 6.07) is 4.45. The molecule has 1 aromatic carbocycles. The molecule has 0 aliphatic heterocycles. The van der Waals surface area contributed by atoms with E-state index in [0.717, 1.165) is 0 Å². The van der Waals surface area contributed by atoms with Crippen molar-refractivity contribution >= 4 is 11.6 Å². The van der Waals surface area contributed by atoms with Crippen molar-refractivity contribution in [3.05, 3.63) is 41.1 Å². The van der Waals surface area contributed by atoms with Crippen LogP contribution in [0.4, 0.5) is 4.39 Å². The Hall–Kier alpha value is -1.39. The third kappa shape index (κ3) is 3.78. The van der Waals surface area contributed by atoms with E-state index in [1.807, 2.05) is 0 Å². The van der Waals surface area contributed by atoms with Crippen LogP contribution in [-0.2, 0) is 6.54 Å². The fraction of sp³-hybridized carbons (Fsp3) is 0.357. The maximum atomic E-state index is 13.1. The quantitative estimate of drug-likeness (QED) is 0.924. The van der Waals surface area contributed by atoms with E-state index >= 15 is 0 Å². The van der Waals surface area contributed by atoms with Crippen molar-refractivity contribution in [1.82, 2.24) is 10.3 Å². The first-order valence-corrected chi connectivity index (χ1v) is 6.38. The average Bonchev–Trinajstić information content (AvgIpc) is 2.78. The highest BCUT2D eigenvalue weighted by molar-refractivity contribution is 6.31. The molecule has 0 bridgehead atoms. The smallest absolute Gasteiger partial charge is 0.208 e. The van der Waals surface area contributed by atoms with E-state index in [9.17, 15) is 4.39 Å². The molecule has 0 amide bonds. The summed E-state index contributed by atoms with van der Waals surface area (Å²) in [6.45, 7) is 6.74. The third-order valence-electron chi connectivity index (χ3n) is 2.53. The number of hydrogen-bond acceptors (Lipinski definition) is 3. The van der Waals surface area contributed by atoms with Crippen molar-refractivity contribution < 1.29 is 8.81 Å². The number of aromatic nitrogens is 1. The molecule has 2 rings (SSSR count). The standard InChI is InChI=1S/C14H16ClFN2O/c1-14(2,3)18-8-13-17-7-12(19-13)9-4-5-11(16)10(15)6-9/h4-7,18H,8H2,1-3H3. The predicted molar refractivity (Wildman–Crippen MR) is 73.5 cm³/mol. The van der Waals surface area contributed by atoms with Crippen LogP contribution in [0.15, 0.2) is 28.8 Å². The van der Waals surface area contributed by atoms with Crippen molar-refractivity contribution in [1.29, 1.82) is 0 Å². The van der Waals surface area contributed by atoms with Gasteiger partial charge in [0.05, 0.1) is 17.8 Å². The van der Waals surface area contributed by atoms with Gasteiger partial charge in [-0.3, -0.25) is 0 Å². The molecule has 0 saturated carbocycles. The van der Waals surface area contributed by atoms with Crippen LogP contribution in [0.2, 0.25) is 5.02 Å². The second kappa shape index (κ2) is 5.31. The average molecular weight is 283 g/mol. The Morgan fingerprint density at radius 3 is 2.74 bits per heavy atom. The third-order valence-corrected chi connectivity index (χ3v) is 2.82. The van der Waals surface area contributed by atoms with Crippen LogP contribution in [0.5, 0.6) is 0 Å². The minimum absolute atomic E-state index is 0.00613. The summed E-state index contributed by atoms with van der Waals surface area (Å²) >= 11 is 5.74. The number of nitrogens with zero attached hydrogens (tertiary/aromatic N) is 1. The zero-order chi connectivity index (χ0) is 14.0. The Bertz CT molecular complexity index is 575. The van der Waals surface area contributed by atoms with Crippen molar-refractivity contribution in [2.24, 2.45) is 0 Å². The van der Waals surface area contributed by atoms with Gasteiger partial charge in [0, 0.05) is 11.1 Å². The molecule has 0 unspecified atom stereocenters. The molecule has 3 nitrogen and oxygen atoms in total. The van der Waals surface area contributed by atoms with Crippen LogP contribution in [0.3, 0.4) is 0 Å². The summed E-state index contributed by atoms with van der Waals surface area (Å²) in [5.74, 6) is 0.720. The highest BCUT2D eigenvalue weighted by Crippen LogP contribution is 2.25. The van der Waals surface area contributed by atoms with E-state index in [0.29, 0.717) is 23.8 Å². The molecule has 0 radical (unpaired) electrons. The van der Waals surface area contributed by atoms with E-state index in [1.165, 1.54) is 12.1 Å². The second-order valence-electron chi connectivity index (χ2n) is 5.35. The molecular formula is C14H16ClFN2O. The van der Waals surface area contributed by atoms with E-state index in [4.69, 9.17) is 16.0 Å². The predicted octanol–water partition coefficient (Wildman–Crippen LogP) is 4.02. The van der Waals surface area contributed by atoms with Crippen LogP contribution < -0.4 is 5.32 Å². The van der Waals surface area contributed by atoms with Crippen LogP contribution in [0.1, 0.15) is 26.7 Å². The van der Waals surface area contributed by atoms with Gasteiger partial charge in [-0.1, -0.05) is 11.6 Å². The lowest BCUT2D eigenvalue weighted by Crippen LogP contribution is -2.35. The van der Waals surface area contributed by atoms with E-state index in [1.54, 1.807) is 12.3 Å². The van der Waals surface area contributed by atoms with Gasteiger partial charge < -0.3 is 9.73 Å². The van der Waals surface area contributed by atoms with Crippen LogP contribution in [0.25, 0.3) is 11.3 Å². The van der Waals surface area contributed by atoms with Crippen LogP contribution >= 0.6 is 11.6 Å². The molecule has 1 aromatic heterocycles. The number of hydrogen-bond donors (Lipinski definition) is 1. The minimum atomic E-state index is -0.445. The van der Waals surface area contributed by atoms with Gasteiger partial charge in [-0.2, -0.15) is 0 Å². The molecular weight excluding hydrogens is 267 g/mol. The first-order valence-electron chi connectivity index (χ1n) is 6.00. The molecule has 0 fully saturated rings. The fourth-order valence-corrected chi connectivity index (χ4v) is 1.70. The Labute approximate surface area is 116 Å². The summed E-state index contributed by atoms with van der Waals surface area (Å²) in [5, 5.41) is 3.35. The molecule has 0 aliphatic carbocycles. The van der Waals surface area contributed by atoms with Gasteiger partial charge in [-0.25, -0.2) is 9.37 Å². The number of benzene rings is 1. The lowest BCUT2D eigenvalue weighted by atomic mass is 10.1. The minimum Gasteiger partial charge on any atom is -0.439 e. The van der Waals surface area contributed by atoms with Crippen LogP contribution in [-0.4, -0.2) is 10.5 Å². The first kappa shape index (κ1) is 14.0. The SMILES string of the molecule is CC(C)(C)NCc1ncc(-c2ccc(F)c(Cl)c2)o1. The molecule has 2 aromatic rings. The van der Waals surface area contributed by atoms with Gasteiger partial charge in [0.1, 0.15) is 5.82 Å². The Kier molecular flexibility index (Phi) is 3.92. The molecule has 0 aliphatic rings. The summed E-state index contributed by atoms with van der Waals surface area (Å²) in [7, 11) is 0. The number of oxazole rings is 1. The van der Waals surface area contributed by atoms with E-state index < -0.39 is 5.82 Å². The van der Waals surface area contributed by atoms with Gasteiger partial charge in [0.15, 0.2) is 5.76 Å². The first-order chi connectivity index (χ1) is 8.85. The lowest BCUT2D eigenvalue weighted by Gasteiger charge is -2.18. The van der Waals surface area contributed by atoms with Crippen molar-refractivity contribution in [2.45, 2.75) is 32.9 Å². The Morgan fingerprint density at radius 1 is 1.37 bits per heavy atom. The maximum Gasteiger partial charge on any atom is 0.208 e. The molecule has 19 heavy (non-hydrogen) atoms. The zero-order valence-electron chi connectivity index (χ0n) is 11.1. The highest BCUT2D eigenvalue weighted by Gasteiger charge is 2.12. The van der Waals surface area contributed by atoms with E-state index in [2.05, 4.69) is 31.1 Å². The van der Waals surface area contributed by atoms with Crippen molar-refractivity contribution in [3.8, 4) is 11.3 Å². The Balaban J connectivity index is 2.14. The van der Waals surface area contributed by atoms with Gasteiger partial charge in [0.2, 0.25) is 5.89 Å². The lowest BCUT2D eigenvalue weighted by molar-refractivity contribution is 0.383. The van der Waals surface area contributed by atoms with Crippen LogP contribution in [0, 0.1) is 5.82 Å². The molecule has 0 spiro atoms. The van der Waals surface area contributed by atoms with Gasteiger partial charge in [0.25, 0.3) is 0 Å².